The van der Waals surface area contributed by atoms with Gasteiger partial charge in [-0.25, -0.2) is 4.79 Å². The number of unbranched alkanes of at least 4 members (excludes halogenated alkanes) is 1. The van der Waals surface area contributed by atoms with Gasteiger partial charge in [0.2, 0.25) is 5.91 Å². The number of anilines is 2. The Kier molecular flexibility index (Phi) is 6.83. The highest BCUT2D eigenvalue weighted by molar-refractivity contribution is 5.95. The predicted molar refractivity (Wildman–Crippen MR) is 113 cm³/mol. The Morgan fingerprint density at radius 1 is 1.18 bits per heavy atom. The van der Waals surface area contributed by atoms with Gasteiger partial charge in [-0.3, -0.25) is 19.1 Å². The molecule has 0 atom stereocenters. The number of amides is 1. The molecule has 1 aromatic carbocycles. The quantitative estimate of drug-likeness (QED) is 0.764. The van der Waals surface area contributed by atoms with Gasteiger partial charge in [-0.15, -0.1) is 0 Å². The van der Waals surface area contributed by atoms with Crippen LogP contribution in [0, 0.1) is 5.41 Å². The van der Waals surface area contributed by atoms with E-state index >= 15 is 0 Å². The van der Waals surface area contributed by atoms with Crippen molar-refractivity contribution < 1.29 is 4.79 Å². The number of hydrogen-bond donors (Lipinski definition) is 2. The molecule has 0 saturated heterocycles. The number of hydrogen-bond acceptors (Lipinski definition) is 4. The fourth-order valence-electron chi connectivity index (χ4n) is 2.99. The number of benzene rings is 1. The van der Waals surface area contributed by atoms with Gasteiger partial charge in [-0.05, 0) is 17.4 Å². The third kappa shape index (κ3) is 5.34. The lowest BCUT2D eigenvalue weighted by Crippen LogP contribution is -2.42. The van der Waals surface area contributed by atoms with Crippen LogP contribution in [0.4, 0.5) is 11.5 Å². The molecule has 0 aliphatic heterocycles. The highest BCUT2D eigenvalue weighted by Gasteiger charge is 2.27. The summed E-state index contributed by atoms with van der Waals surface area (Å²) in [6, 6.07) is 9.35. The van der Waals surface area contributed by atoms with Gasteiger partial charge in [-0.1, -0.05) is 64.4 Å². The number of nitrogens with two attached hydrogens (primary N) is 1. The number of rotatable bonds is 7. The molecule has 0 saturated carbocycles. The molecule has 0 bridgehead atoms. The summed E-state index contributed by atoms with van der Waals surface area (Å²) in [4.78, 5) is 41.7. The SMILES string of the molecule is CCCCN(C(=O)CC(C)(C)C)c1c(N)n(Cc2ccccc2)c(=O)[nH]c1=O. The molecule has 1 heterocycles. The Hall–Kier alpha value is -2.83. The van der Waals surface area contributed by atoms with Gasteiger partial charge < -0.3 is 10.6 Å². The van der Waals surface area contributed by atoms with Crippen molar-refractivity contribution in [2.45, 2.75) is 53.5 Å². The average Bonchev–Trinajstić information content (AvgIpc) is 2.60. The zero-order valence-corrected chi connectivity index (χ0v) is 17.1. The number of nitrogens with zero attached hydrogens (tertiary/aromatic N) is 2. The van der Waals surface area contributed by atoms with Crippen molar-refractivity contribution in [3.05, 3.63) is 56.7 Å². The predicted octanol–water partition coefficient (Wildman–Crippen LogP) is 2.74. The van der Waals surface area contributed by atoms with Crippen LogP contribution in [-0.2, 0) is 11.3 Å². The average molecular weight is 386 g/mol. The zero-order valence-electron chi connectivity index (χ0n) is 17.1. The van der Waals surface area contributed by atoms with E-state index in [4.69, 9.17) is 5.73 Å². The van der Waals surface area contributed by atoms with Crippen LogP contribution in [0.3, 0.4) is 0 Å². The van der Waals surface area contributed by atoms with E-state index in [1.165, 1.54) is 9.47 Å². The van der Waals surface area contributed by atoms with Crippen LogP contribution in [0.2, 0.25) is 0 Å². The van der Waals surface area contributed by atoms with Crippen molar-refractivity contribution in [3.63, 3.8) is 0 Å². The number of H-pyrrole nitrogens is 1. The van der Waals surface area contributed by atoms with Crippen molar-refractivity contribution in [2.75, 3.05) is 17.2 Å². The minimum Gasteiger partial charge on any atom is -0.383 e. The third-order valence-electron chi connectivity index (χ3n) is 4.39. The molecule has 0 fully saturated rings. The lowest BCUT2D eigenvalue weighted by atomic mass is 9.91. The molecular formula is C21H30N4O3. The van der Waals surface area contributed by atoms with Gasteiger partial charge in [-0.2, -0.15) is 0 Å². The number of carbonyl (C=O) groups is 1. The van der Waals surface area contributed by atoms with Crippen molar-refractivity contribution in [2.24, 2.45) is 5.41 Å². The number of nitrogens with one attached hydrogen (secondary N) is 1. The lowest BCUT2D eigenvalue weighted by molar-refractivity contribution is -0.120. The summed E-state index contributed by atoms with van der Waals surface area (Å²) >= 11 is 0. The molecule has 3 N–H and O–H groups in total. The summed E-state index contributed by atoms with van der Waals surface area (Å²) in [5.74, 6) is -0.168. The van der Waals surface area contributed by atoms with Crippen molar-refractivity contribution in [1.82, 2.24) is 9.55 Å². The van der Waals surface area contributed by atoms with Crippen molar-refractivity contribution in [3.8, 4) is 0 Å². The molecule has 2 rings (SSSR count). The molecule has 7 heteroatoms. The topological polar surface area (TPSA) is 101 Å². The monoisotopic (exact) mass is 386 g/mol. The Morgan fingerprint density at radius 3 is 2.39 bits per heavy atom. The van der Waals surface area contributed by atoms with E-state index in [-0.39, 0.29) is 35.8 Å². The first-order valence-electron chi connectivity index (χ1n) is 9.61. The van der Waals surface area contributed by atoms with Crippen LogP contribution in [0.1, 0.15) is 52.5 Å². The molecule has 2 aromatic rings. The van der Waals surface area contributed by atoms with Gasteiger partial charge in [0.1, 0.15) is 5.82 Å². The van der Waals surface area contributed by atoms with E-state index in [1.54, 1.807) is 0 Å². The summed E-state index contributed by atoms with van der Waals surface area (Å²) in [7, 11) is 0. The Balaban J connectivity index is 2.53. The maximum atomic E-state index is 13.0. The molecule has 28 heavy (non-hydrogen) atoms. The van der Waals surface area contributed by atoms with E-state index in [0.717, 1.165) is 18.4 Å². The second-order valence-corrected chi connectivity index (χ2v) is 8.20. The Bertz CT molecular complexity index is 923. The van der Waals surface area contributed by atoms with Crippen LogP contribution in [0.5, 0.6) is 0 Å². The van der Waals surface area contributed by atoms with Gasteiger partial charge in [0, 0.05) is 13.0 Å². The maximum absolute atomic E-state index is 13.0. The molecule has 1 aromatic heterocycles. The largest absolute Gasteiger partial charge is 0.383 e. The third-order valence-corrected chi connectivity index (χ3v) is 4.39. The molecule has 0 radical (unpaired) electrons. The first-order valence-corrected chi connectivity index (χ1v) is 9.61. The second-order valence-electron chi connectivity index (χ2n) is 8.20. The fourth-order valence-corrected chi connectivity index (χ4v) is 2.99. The summed E-state index contributed by atoms with van der Waals surface area (Å²) in [6.45, 7) is 8.50. The van der Waals surface area contributed by atoms with Gasteiger partial charge >= 0.3 is 5.69 Å². The molecule has 0 aliphatic rings. The standard InChI is InChI=1S/C21H30N4O3/c1-5-6-12-24(16(26)13-21(2,3)4)17-18(22)25(20(28)23-19(17)27)14-15-10-8-7-9-11-15/h7-11H,5-6,12-14,22H2,1-4H3,(H,23,27,28). The molecular weight excluding hydrogens is 356 g/mol. The fraction of sp³-hybridized carbons (Fsp3) is 0.476. The number of carbonyl (C=O) groups excluding carboxylic acids is 1. The molecule has 0 aliphatic carbocycles. The van der Waals surface area contributed by atoms with Crippen LogP contribution in [0.15, 0.2) is 39.9 Å². The highest BCUT2D eigenvalue weighted by Crippen LogP contribution is 2.24. The zero-order chi connectivity index (χ0) is 20.9. The smallest absolute Gasteiger partial charge is 0.330 e. The molecule has 7 nitrogen and oxygen atoms in total. The number of nitrogen functional groups attached to an aromatic ring is 1. The molecule has 0 spiro atoms. The van der Waals surface area contributed by atoms with E-state index < -0.39 is 11.2 Å². The van der Waals surface area contributed by atoms with Crippen LogP contribution < -0.4 is 21.9 Å². The van der Waals surface area contributed by atoms with E-state index in [1.807, 2.05) is 58.0 Å². The normalized spacial score (nSPS) is 11.4. The maximum Gasteiger partial charge on any atom is 0.330 e. The summed E-state index contributed by atoms with van der Waals surface area (Å²) < 4.78 is 1.30. The van der Waals surface area contributed by atoms with Crippen LogP contribution in [-0.4, -0.2) is 22.0 Å². The van der Waals surface area contributed by atoms with E-state index in [2.05, 4.69) is 4.98 Å². The van der Waals surface area contributed by atoms with E-state index in [0.29, 0.717) is 6.54 Å². The van der Waals surface area contributed by atoms with E-state index in [9.17, 15) is 14.4 Å². The van der Waals surface area contributed by atoms with Crippen molar-refractivity contribution in [1.29, 1.82) is 0 Å². The first-order chi connectivity index (χ1) is 13.1. The lowest BCUT2D eigenvalue weighted by Gasteiger charge is -2.27. The highest BCUT2D eigenvalue weighted by atomic mass is 16.2. The first kappa shape index (κ1) is 21.5. The Morgan fingerprint density at radius 2 is 1.82 bits per heavy atom. The Labute approximate surface area is 165 Å². The summed E-state index contributed by atoms with van der Waals surface area (Å²) in [6.07, 6.45) is 1.86. The van der Waals surface area contributed by atoms with Crippen molar-refractivity contribution >= 4 is 17.4 Å². The number of aromatic amines is 1. The van der Waals surface area contributed by atoms with Crippen LogP contribution >= 0.6 is 0 Å². The molecule has 1 amide bonds. The van der Waals surface area contributed by atoms with Gasteiger partial charge in [0.15, 0.2) is 5.69 Å². The van der Waals surface area contributed by atoms with Crippen LogP contribution in [0.25, 0.3) is 0 Å². The molecule has 0 unspecified atom stereocenters. The minimum atomic E-state index is -0.634. The number of aromatic nitrogens is 2. The second kappa shape index (κ2) is 8.91. The summed E-state index contributed by atoms with van der Waals surface area (Å²) in [5.41, 5.74) is 5.72. The van der Waals surface area contributed by atoms with Gasteiger partial charge in [0.25, 0.3) is 5.56 Å². The van der Waals surface area contributed by atoms with Gasteiger partial charge in [0.05, 0.1) is 6.54 Å². The minimum absolute atomic E-state index is 0.0102. The summed E-state index contributed by atoms with van der Waals surface area (Å²) in [5, 5.41) is 0. The molecule has 152 valence electrons.